The molecule has 0 radical (unpaired) electrons. The predicted molar refractivity (Wildman–Crippen MR) is 64.5 cm³/mol. The summed E-state index contributed by atoms with van der Waals surface area (Å²) in [7, 11) is 1.53. The number of carbonyl (C=O) groups is 2. The first-order chi connectivity index (χ1) is 7.86. The number of amides is 2. The van der Waals surface area contributed by atoms with Crippen molar-refractivity contribution in [3.63, 3.8) is 0 Å². The topological polar surface area (TPSA) is 97.1 Å². The van der Waals surface area contributed by atoms with E-state index < -0.39 is 11.4 Å². The Morgan fingerprint density at radius 2 is 2.06 bits per heavy atom. The summed E-state index contributed by atoms with van der Waals surface area (Å²) in [5.41, 5.74) is 5.25. The molecular formula is C11H16N4O2. The summed E-state index contributed by atoms with van der Waals surface area (Å²) in [6.45, 7) is 3.32. The maximum atomic E-state index is 11.4. The van der Waals surface area contributed by atoms with Gasteiger partial charge < -0.3 is 16.4 Å². The first-order valence-electron chi connectivity index (χ1n) is 5.13. The number of carbonyl (C=O) groups excluding carboxylic acids is 2. The van der Waals surface area contributed by atoms with Crippen LogP contribution in [0.5, 0.6) is 0 Å². The quantitative estimate of drug-likeness (QED) is 0.691. The highest BCUT2D eigenvalue weighted by Crippen LogP contribution is 2.15. The number of aromatic nitrogens is 1. The van der Waals surface area contributed by atoms with E-state index in [1.54, 1.807) is 26.0 Å². The summed E-state index contributed by atoms with van der Waals surface area (Å²) < 4.78 is 0. The second kappa shape index (κ2) is 4.82. The summed E-state index contributed by atoms with van der Waals surface area (Å²) in [6, 6.07) is 3.22. The van der Waals surface area contributed by atoms with Crippen LogP contribution in [-0.2, 0) is 4.79 Å². The van der Waals surface area contributed by atoms with E-state index in [4.69, 9.17) is 5.73 Å². The van der Waals surface area contributed by atoms with Crippen LogP contribution in [0.25, 0.3) is 0 Å². The van der Waals surface area contributed by atoms with Gasteiger partial charge in [-0.1, -0.05) is 0 Å². The molecule has 92 valence electrons. The van der Waals surface area contributed by atoms with E-state index in [0.29, 0.717) is 5.69 Å². The Balaban J connectivity index is 2.93. The normalized spacial score (nSPS) is 10.8. The van der Waals surface area contributed by atoms with Crippen molar-refractivity contribution < 1.29 is 9.59 Å². The molecule has 4 N–H and O–H groups in total. The zero-order chi connectivity index (χ0) is 13.1. The lowest BCUT2D eigenvalue weighted by molar-refractivity contribution is -0.121. The molecule has 0 aromatic carbocycles. The van der Waals surface area contributed by atoms with Crippen LogP contribution in [0.15, 0.2) is 18.3 Å². The summed E-state index contributed by atoms with van der Waals surface area (Å²) in [6.07, 6.45) is 1.49. The van der Waals surface area contributed by atoms with Gasteiger partial charge in [0.2, 0.25) is 5.91 Å². The first kappa shape index (κ1) is 13.0. The fourth-order valence-corrected chi connectivity index (χ4v) is 1.18. The van der Waals surface area contributed by atoms with E-state index in [0.717, 1.165) is 0 Å². The molecule has 0 spiro atoms. The van der Waals surface area contributed by atoms with Gasteiger partial charge in [0.05, 0.1) is 0 Å². The van der Waals surface area contributed by atoms with Gasteiger partial charge >= 0.3 is 0 Å². The maximum Gasteiger partial charge on any atom is 0.269 e. The van der Waals surface area contributed by atoms with Gasteiger partial charge in [0.25, 0.3) is 5.91 Å². The second-order valence-electron chi connectivity index (χ2n) is 4.12. The molecule has 0 aliphatic heterocycles. The molecule has 6 heteroatoms. The number of primary amides is 1. The molecule has 2 amide bonds. The molecule has 1 aromatic rings. The highest BCUT2D eigenvalue weighted by atomic mass is 16.2. The first-order valence-corrected chi connectivity index (χ1v) is 5.13. The van der Waals surface area contributed by atoms with E-state index in [-0.39, 0.29) is 11.6 Å². The van der Waals surface area contributed by atoms with E-state index in [9.17, 15) is 9.59 Å². The zero-order valence-corrected chi connectivity index (χ0v) is 10.1. The maximum absolute atomic E-state index is 11.4. The van der Waals surface area contributed by atoms with Gasteiger partial charge in [0.1, 0.15) is 11.2 Å². The molecule has 0 unspecified atom stereocenters. The number of anilines is 1. The van der Waals surface area contributed by atoms with Gasteiger partial charge in [-0.3, -0.25) is 14.6 Å². The highest BCUT2D eigenvalue weighted by molar-refractivity contribution is 5.93. The van der Waals surface area contributed by atoms with Crippen molar-refractivity contribution in [2.75, 3.05) is 12.4 Å². The molecule has 0 aliphatic carbocycles. The largest absolute Gasteiger partial charge is 0.372 e. The summed E-state index contributed by atoms with van der Waals surface area (Å²) in [4.78, 5) is 26.5. The van der Waals surface area contributed by atoms with Crippen LogP contribution < -0.4 is 16.4 Å². The van der Waals surface area contributed by atoms with Crippen molar-refractivity contribution >= 4 is 17.5 Å². The van der Waals surface area contributed by atoms with Crippen molar-refractivity contribution in [1.82, 2.24) is 10.3 Å². The number of pyridine rings is 1. The molecule has 0 aliphatic rings. The zero-order valence-electron chi connectivity index (χ0n) is 10.1. The lowest BCUT2D eigenvalue weighted by atomic mass is 10.0. The molecule has 0 saturated heterocycles. The lowest BCUT2D eigenvalue weighted by Crippen LogP contribution is -2.45. The second-order valence-corrected chi connectivity index (χ2v) is 4.12. The third-order valence-electron chi connectivity index (χ3n) is 2.29. The van der Waals surface area contributed by atoms with Crippen LogP contribution in [0.4, 0.5) is 5.69 Å². The van der Waals surface area contributed by atoms with Gasteiger partial charge in [0, 0.05) is 18.9 Å². The van der Waals surface area contributed by atoms with Crippen molar-refractivity contribution in [2.45, 2.75) is 19.4 Å². The number of nitrogens with two attached hydrogens (primary N) is 1. The summed E-state index contributed by atoms with van der Waals surface area (Å²) >= 11 is 0. The number of hydrogen-bond donors (Lipinski definition) is 3. The fraction of sp³-hybridized carbons (Fsp3) is 0.364. The monoisotopic (exact) mass is 236 g/mol. The van der Waals surface area contributed by atoms with Crippen molar-refractivity contribution in [1.29, 1.82) is 0 Å². The van der Waals surface area contributed by atoms with Gasteiger partial charge in [0.15, 0.2) is 0 Å². The molecule has 6 nitrogen and oxygen atoms in total. The van der Waals surface area contributed by atoms with Crippen LogP contribution >= 0.6 is 0 Å². The number of rotatable bonds is 4. The Kier molecular flexibility index (Phi) is 3.67. The molecule has 0 saturated carbocycles. The smallest absolute Gasteiger partial charge is 0.269 e. The Labute approximate surface area is 99.6 Å². The molecule has 1 heterocycles. The highest BCUT2D eigenvalue weighted by Gasteiger charge is 2.24. The third-order valence-corrected chi connectivity index (χ3v) is 2.29. The van der Waals surface area contributed by atoms with Gasteiger partial charge in [-0.05, 0) is 26.0 Å². The standard InChI is InChI=1S/C11H16N4O2/c1-11(2,10(12)17)15-7-4-5-14-8(6-7)9(16)13-3/h4-6H,1-3H3,(H2,12,17)(H,13,16)(H,14,15). The average Bonchev–Trinajstić information content (AvgIpc) is 2.27. The van der Waals surface area contributed by atoms with Crippen LogP contribution in [0.2, 0.25) is 0 Å². The molecule has 0 bridgehead atoms. The van der Waals surface area contributed by atoms with Crippen LogP contribution in [0.3, 0.4) is 0 Å². The Hall–Kier alpha value is -2.11. The van der Waals surface area contributed by atoms with Gasteiger partial charge in [-0.15, -0.1) is 0 Å². The lowest BCUT2D eigenvalue weighted by Gasteiger charge is -2.23. The molecule has 1 rings (SSSR count). The van der Waals surface area contributed by atoms with Gasteiger partial charge in [-0.2, -0.15) is 0 Å². The minimum Gasteiger partial charge on any atom is -0.372 e. The van der Waals surface area contributed by atoms with E-state index in [2.05, 4.69) is 15.6 Å². The van der Waals surface area contributed by atoms with Gasteiger partial charge in [-0.25, -0.2) is 0 Å². The van der Waals surface area contributed by atoms with Crippen LogP contribution in [-0.4, -0.2) is 29.4 Å². The minimum atomic E-state index is -0.888. The molecule has 0 fully saturated rings. The average molecular weight is 236 g/mol. The van der Waals surface area contributed by atoms with Crippen molar-refractivity contribution in [2.24, 2.45) is 5.73 Å². The fourth-order valence-electron chi connectivity index (χ4n) is 1.18. The van der Waals surface area contributed by atoms with E-state index >= 15 is 0 Å². The van der Waals surface area contributed by atoms with Crippen molar-refractivity contribution in [3.05, 3.63) is 24.0 Å². The van der Waals surface area contributed by atoms with Crippen LogP contribution in [0.1, 0.15) is 24.3 Å². The predicted octanol–water partition coefficient (Wildman–Crippen LogP) is 0.117. The number of nitrogens with zero attached hydrogens (tertiary/aromatic N) is 1. The van der Waals surface area contributed by atoms with E-state index in [1.807, 2.05) is 0 Å². The van der Waals surface area contributed by atoms with E-state index in [1.165, 1.54) is 13.2 Å². The Morgan fingerprint density at radius 3 is 2.59 bits per heavy atom. The molecule has 0 atom stereocenters. The molecule has 1 aromatic heterocycles. The SMILES string of the molecule is CNC(=O)c1cc(NC(C)(C)C(N)=O)ccn1. The summed E-state index contributed by atoms with van der Waals surface area (Å²) in [5.74, 6) is -0.763. The Morgan fingerprint density at radius 1 is 1.41 bits per heavy atom. The minimum absolute atomic E-state index is 0.276. The van der Waals surface area contributed by atoms with Crippen LogP contribution in [0, 0.1) is 0 Å². The summed E-state index contributed by atoms with van der Waals surface area (Å²) in [5, 5.41) is 5.42. The van der Waals surface area contributed by atoms with Crippen molar-refractivity contribution in [3.8, 4) is 0 Å². The molecule has 17 heavy (non-hydrogen) atoms. The number of hydrogen-bond acceptors (Lipinski definition) is 4. The third kappa shape index (κ3) is 3.17. The number of nitrogens with one attached hydrogen (secondary N) is 2. The Bertz CT molecular complexity index is 443. The molecular weight excluding hydrogens is 220 g/mol.